The van der Waals surface area contributed by atoms with E-state index in [0.29, 0.717) is 32.7 Å². The summed E-state index contributed by atoms with van der Waals surface area (Å²) >= 11 is 1.66. The predicted octanol–water partition coefficient (Wildman–Crippen LogP) is 4.39. The summed E-state index contributed by atoms with van der Waals surface area (Å²) in [5, 5.41) is 0. The highest BCUT2D eigenvalue weighted by Gasteiger charge is 2.31. The van der Waals surface area contributed by atoms with Gasteiger partial charge < -0.3 is 14.5 Å². The molecule has 2 amide bonds. The molecule has 1 aromatic carbocycles. The van der Waals surface area contributed by atoms with Crippen LogP contribution in [0, 0.1) is 18.7 Å². The Morgan fingerprint density at radius 2 is 1.84 bits per heavy atom. The average molecular weight is 447 g/mol. The van der Waals surface area contributed by atoms with Crippen LogP contribution in [0.4, 0.5) is 4.39 Å². The van der Waals surface area contributed by atoms with Gasteiger partial charge in [0.25, 0.3) is 0 Å². The summed E-state index contributed by atoms with van der Waals surface area (Å²) in [5.74, 6) is -0.281. The summed E-state index contributed by atoms with van der Waals surface area (Å²) in [7, 11) is 1.64. The summed E-state index contributed by atoms with van der Waals surface area (Å²) in [5.41, 5.74) is 0.860. The van der Waals surface area contributed by atoms with Crippen molar-refractivity contribution in [2.24, 2.45) is 5.92 Å². The number of halogens is 1. The first-order valence-corrected chi connectivity index (χ1v) is 11.6. The fraction of sp³-hybridized carbons (Fsp3) is 0.500. The molecule has 0 N–H and O–H groups in total. The van der Waals surface area contributed by atoms with Crippen LogP contribution in [0.2, 0.25) is 0 Å². The number of ether oxygens (including phenoxy) is 1. The van der Waals surface area contributed by atoms with Gasteiger partial charge in [-0.15, -0.1) is 11.3 Å². The van der Waals surface area contributed by atoms with E-state index in [9.17, 15) is 14.0 Å². The van der Waals surface area contributed by atoms with Gasteiger partial charge in [-0.2, -0.15) is 0 Å². The fourth-order valence-corrected chi connectivity index (χ4v) is 4.55. The van der Waals surface area contributed by atoms with Gasteiger partial charge in [0.15, 0.2) is 0 Å². The minimum Gasteiger partial charge on any atom is -0.385 e. The van der Waals surface area contributed by atoms with E-state index >= 15 is 0 Å². The molecule has 0 unspecified atom stereocenters. The number of benzene rings is 1. The molecule has 1 aromatic heterocycles. The first-order chi connectivity index (χ1) is 15.0. The van der Waals surface area contributed by atoms with Crippen molar-refractivity contribution in [2.75, 3.05) is 26.8 Å². The van der Waals surface area contributed by atoms with Gasteiger partial charge in [-0.05, 0) is 56.0 Å². The third-order valence-electron chi connectivity index (χ3n) is 5.65. The summed E-state index contributed by atoms with van der Waals surface area (Å²) in [6, 6.07) is 10.3. The molecule has 1 saturated carbocycles. The van der Waals surface area contributed by atoms with E-state index in [1.165, 1.54) is 17.0 Å². The monoisotopic (exact) mass is 446 g/mol. The minimum absolute atomic E-state index is 0.0424. The van der Waals surface area contributed by atoms with Crippen molar-refractivity contribution in [3.8, 4) is 0 Å². The van der Waals surface area contributed by atoms with E-state index in [-0.39, 0.29) is 30.1 Å². The normalized spacial score (nSPS) is 13.6. The molecule has 1 aliphatic carbocycles. The van der Waals surface area contributed by atoms with E-state index in [4.69, 9.17) is 4.74 Å². The van der Waals surface area contributed by atoms with E-state index in [1.807, 2.05) is 19.1 Å². The van der Waals surface area contributed by atoms with Crippen LogP contribution in [-0.4, -0.2) is 48.4 Å². The van der Waals surface area contributed by atoms with Crippen LogP contribution in [0.3, 0.4) is 0 Å². The Bertz CT molecular complexity index is 864. The Kier molecular flexibility index (Phi) is 8.60. The minimum atomic E-state index is -0.300. The quantitative estimate of drug-likeness (QED) is 0.481. The number of rotatable bonds is 11. The molecule has 1 fully saturated rings. The lowest BCUT2D eigenvalue weighted by molar-refractivity contribution is -0.145. The summed E-state index contributed by atoms with van der Waals surface area (Å²) in [4.78, 5) is 32.0. The smallest absolute Gasteiger partial charge is 0.242 e. The standard InChI is InChI=1S/C24H31FN2O3S/c1-18-7-12-22(31-18)16-27(15-19-8-10-21(25)11-9-19)23(28)17-26(13-4-14-30-2)24(29)20-5-3-6-20/h7-12,20H,3-6,13-17H2,1-2H3. The summed E-state index contributed by atoms with van der Waals surface area (Å²) in [6.07, 6.45) is 3.58. The molecule has 0 spiro atoms. The maximum absolute atomic E-state index is 13.3. The van der Waals surface area contributed by atoms with Crippen molar-refractivity contribution in [3.05, 3.63) is 57.5 Å². The largest absolute Gasteiger partial charge is 0.385 e. The predicted molar refractivity (Wildman–Crippen MR) is 120 cm³/mol. The molecule has 0 aliphatic heterocycles. The SMILES string of the molecule is COCCCN(CC(=O)N(Cc1ccc(F)cc1)Cc1ccc(C)s1)C(=O)C1CCC1. The second-order valence-electron chi connectivity index (χ2n) is 8.12. The topological polar surface area (TPSA) is 49.9 Å². The van der Waals surface area contributed by atoms with Gasteiger partial charge in [0.05, 0.1) is 13.1 Å². The van der Waals surface area contributed by atoms with E-state index < -0.39 is 0 Å². The molecular formula is C24H31FN2O3S. The van der Waals surface area contributed by atoms with Gasteiger partial charge in [0.1, 0.15) is 5.82 Å². The molecule has 0 bridgehead atoms. The van der Waals surface area contributed by atoms with Crippen LogP contribution in [-0.2, 0) is 27.4 Å². The highest BCUT2D eigenvalue weighted by atomic mass is 32.1. The van der Waals surface area contributed by atoms with E-state index in [1.54, 1.807) is 40.4 Å². The Hall–Kier alpha value is -2.25. The molecule has 2 aromatic rings. The number of amides is 2. The first-order valence-electron chi connectivity index (χ1n) is 10.8. The second-order valence-corrected chi connectivity index (χ2v) is 9.50. The average Bonchev–Trinajstić information content (AvgIpc) is 3.11. The molecule has 168 valence electrons. The lowest BCUT2D eigenvalue weighted by Gasteiger charge is -2.33. The molecule has 31 heavy (non-hydrogen) atoms. The van der Waals surface area contributed by atoms with Gasteiger partial charge in [0, 0.05) is 42.5 Å². The maximum Gasteiger partial charge on any atom is 0.242 e. The summed E-state index contributed by atoms with van der Waals surface area (Å²) < 4.78 is 18.5. The number of hydrogen-bond acceptors (Lipinski definition) is 4. The zero-order valence-electron chi connectivity index (χ0n) is 18.3. The number of methoxy groups -OCH3 is 1. The van der Waals surface area contributed by atoms with Gasteiger partial charge in [-0.25, -0.2) is 4.39 Å². The lowest BCUT2D eigenvalue weighted by atomic mass is 9.84. The van der Waals surface area contributed by atoms with Crippen LogP contribution in [0.1, 0.15) is 41.0 Å². The number of nitrogens with zero attached hydrogens (tertiary/aromatic N) is 2. The molecular weight excluding hydrogens is 415 g/mol. The number of thiophene rings is 1. The van der Waals surface area contributed by atoms with E-state index in [2.05, 4.69) is 0 Å². The number of carbonyl (C=O) groups excluding carboxylic acids is 2. The van der Waals surface area contributed by atoms with Crippen LogP contribution in [0.15, 0.2) is 36.4 Å². The van der Waals surface area contributed by atoms with Gasteiger partial charge in [-0.1, -0.05) is 18.6 Å². The van der Waals surface area contributed by atoms with Gasteiger partial charge in [-0.3, -0.25) is 9.59 Å². The van der Waals surface area contributed by atoms with Crippen molar-refractivity contribution in [1.82, 2.24) is 9.80 Å². The Balaban J connectivity index is 1.73. The van der Waals surface area contributed by atoms with Crippen LogP contribution >= 0.6 is 11.3 Å². The van der Waals surface area contributed by atoms with Crippen molar-refractivity contribution in [3.63, 3.8) is 0 Å². The molecule has 0 saturated heterocycles. The van der Waals surface area contributed by atoms with Crippen molar-refractivity contribution < 1.29 is 18.7 Å². The first kappa shape index (κ1) is 23.4. The Morgan fingerprint density at radius 3 is 2.42 bits per heavy atom. The van der Waals surface area contributed by atoms with Crippen LogP contribution < -0.4 is 0 Å². The molecule has 5 nitrogen and oxygen atoms in total. The van der Waals surface area contributed by atoms with Gasteiger partial charge >= 0.3 is 0 Å². The number of hydrogen-bond donors (Lipinski definition) is 0. The van der Waals surface area contributed by atoms with Crippen LogP contribution in [0.25, 0.3) is 0 Å². The lowest BCUT2D eigenvalue weighted by Crippen LogP contribution is -2.46. The molecule has 1 heterocycles. The molecule has 0 radical (unpaired) electrons. The molecule has 0 atom stereocenters. The second kappa shape index (κ2) is 11.4. The maximum atomic E-state index is 13.3. The molecule has 7 heteroatoms. The third kappa shape index (κ3) is 6.87. The number of carbonyl (C=O) groups is 2. The zero-order chi connectivity index (χ0) is 22.2. The van der Waals surface area contributed by atoms with Crippen molar-refractivity contribution in [2.45, 2.75) is 45.7 Å². The van der Waals surface area contributed by atoms with E-state index in [0.717, 1.165) is 29.7 Å². The number of aryl methyl sites for hydroxylation is 1. The van der Waals surface area contributed by atoms with Crippen molar-refractivity contribution in [1.29, 1.82) is 0 Å². The Labute approximate surface area is 187 Å². The molecule has 1 aliphatic rings. The highest BCUT2D eigenvalue weighted by Crippen LogP contribution is 2.28. The fourth-order valence-electron chi connectivity index (χ4n) is 3.64. The highest BCUT2D eigenvalue weighted by molar-refractivity contribution is 7.11. The molecule has 3 rings (SSSR count). The Morgan fingerprint density at radius 1 is 1.10 bits per heavy atom. The van der Waals surface area contributed by atoms with Crippen molar-refractivity contribution >= 4 is 23.2 Å². The summed E-state index contributed by atoms with van der Waals surface area (Å²) in [6.45, 7) is 4.01. The zero-order valence-corrected chi connectivity index (χ0v) is 19.1. The van der Waals surface area contributed by atoms with Gasteiger partial charge in [0.2, 0.25) is 11.8 Å². The third-order valence-corrected chi connectivity index (χ3v) is 6.64. The van der Waals surface area contributed by atoms with Crippen LogP contribution in [0.5, 0.6) is 0 Å².